The third-order valence-electron chi connectivity index (χ3n) is 2.94. The largest absolute Gasteiger partial charge is 0.380 e. The van der Waals surface area contributed by atoms with Crippen LogP contribution in [0.2, 0.25) is 0 Å². The van der Waals surface area contributed by atoms with E-state index in [0.29, 0.717) is 12.1 Å². The van der Waals surface area contributed by atoms with Gasteiger partial charge in [0.25, 0.3) is 0 Å². The van der Waals surface area contributed by atoms with Crippen molar-refractivity contribution in [2.24, 2.45) is 0 Å². The van der Waals surface area contributed by atoms with Crippen LogP contribution in [-0.2, 0) is 4.74 Å². The summed E-state index contributed by atoms with van der Waals surface area (Å²) >= 11 is 0. The summed E-state index contributed by atoms with van der Waals surface area (Å²) in [4.78, 5) is 0. The van der Waals surface area contributed by atoms with E-state index in [-0.39, 0.29) is 0 Å². The molecule has 3 nitrogen and oxygen atoms in total. The van der Waals surface area contributed by atoms with Gasteiger partial charge in [-0.15, -0.1) is 0 Å². The molecule has 0 spiro atoms. The van der Waals surface area contributed by atoms with Gasteiger partial charge in [-0.1, -0.05) is 6.92 Å². The van der Waals surface area contributed by atoms with Crippen LogP contribution in [0.1, 0.15) is 32.6 Å². The molecule has 0 amide bonds. The monoisotopic (exact) mass is 200 g/mol. The lowest BCUT2D eigenvalue weighted by molar-refractivity contribution is 0.0852. The van der Waals surface area contributed by atoms with Crippen molar-refractivity contribution in [1.29, 1.82) is 0 Å². The zero-order chi connectivity index (χ0) is 10.2. The standard InChI is InChI=1S/C11H24N2O/c1-3-12-8-5-9-13-10-6-4-7-11(10)14-2/h10-13H,3-9H2,1-2H3. The van der Waals surface area contributed by atoms with Crippen LogP contribution in [0.25, 0.3) is 0 Å². The smallest absolute Gasteiger partial charge is 0.0724 e. The van der Waals surface area contributed by atoms with Crippen LogP contribution in [0.5, 0.6) is 0 Å². The Morgan fingerprint density at radius 1 is 1.29 bits per heavy atom. The van der Waals surface area contributed by atoms with E-state index in [1.165, 1.54) is 25.7 Å². The first-order chi connectivity index (χ1) is 6.88. The fourth-order valence-corrected chi connectivity index (χ4v) is 2.12. The van der Waals surface area contributed by atoms with Crippen molar-refractivity contribution >= 4 is 0 Å². The van der Waals surface area contributed by atoms with E-state index in [4.69, 9.17) is 4.74 Å². The second kappa shape index (κ2) is 7.21. The van der Waals surface area contributed by atoms with Gasteiger partial charge in [-0.25, -0.2) is 0 Å². The minimum Gasteiger partial charge on any atom is -0.380 e. The molecule has 0 saturated heterocycles. The lowest BCUT2D eigenvalue weighted by atomic mass is 10.2. The molecule has 0 aromatic carbocycles. The Bertz CT molecular complexity index is 141. The quantitative estimate of drug-likeness (QED) is 0.605. The Hall–Kier alpha value is -0.120. The second-order valence-electron chi connectivity index (χ2n) is 3.97. The van der Waals surface area contributed by atoms with Crippen molar-refractivity contribution in [2.45, 2.75) is 44.8 Å². The molecule has 0 heterocycles. The maximum absolute atomic E-state index is 5.42. The molecule has 84 valence electrons. The summed E-state index contributed by atoms with van der Waals surface area (Å²) in [5, 5.41) is 6.90. The predicted molar refractivity (Wildman–Crippen MR) is 59.6 cm³/mol. The molecular weight excluding hydrogens is 176 g/mol. The third kappa shape index (κ3) is 3.95. The molecule has 0 aliphatic heterocycles. The Morgan fingerprint density at radius 3 is 2.86 bits per heavy atom. The van der Waals surface area contributed by atoms with Gasteiger partial charge in [0.05, 0.1) is 6.10 Å². The van der Waals surface area contributed by atoms with Gasteiger partial charge in [0, 0.05) is 13.2 Å². The van der Waals surface area contributed by atoms with E-state index >= 15 is 0 Å². The molecule has 0 aromatic heterocycles. The molecule has 14 heavy (non-hydrogen) atoms. The zero-order valence-corrected chi connectivity index (χ0v) is 9.51. The maximum atomic E-state index is 5.42. The van der Waals surface area contributed by atoms with Crippen LogP contribution in [0.15, 0.2) is 0 Å². The van der Waals surface area contributed by atoms with Gasteiger partial charge in [-0.2, -0.15) is 0 Å². The summed E-state index contributed by atoms with van der Waals surface area (Å²) in [5.41, 5.74) is 0. The normalized spacial score (nSPS) is 27.0. The molecule has 0 aromatic rings. The van der Waals surface area contributed by atoms with E-state index in [9.17, 15) is 0 Å². The van der Waals surface area contributed by atoms with Gasteiger partial charge in [-0.3, -0.25) is 0 Å². The second-order valence-corrected chi connectivity index (χ2v) is 3.97. The molecular formula is C11H24N2O. The topological polar surface area (TPSA) is 33.3 Å². The van der Waals surface area contributed by atoms with Gasteiger partial charge >= 0.3 is 0 Å². The first-order valence-corrected chi connectivity index (χ1v) is 5.85. The van der Waals surface area contributed by atoms with Gasteiger partial charge in [0.15, 0.2) is 0 Å². The van der Waals surface area contributed by atoms with Gasteiger partial charge < -0.3 is 15.4 Å². The van der Waals surface area contributed by atoms with Gasteiger partial charge in [0.2, 0.25) is 0 Å². The van der Waals surface area contributed by atoms with Crippen LogP contribution in [0.3, 0.4) is 0 Å². The molecule has 1 aliphatic carbocycles. The predicted octanol–water partition coefficient (Wildman–Crippen LogP) is 1.14. The highest BCUT2D eigenvalue weighted by Crippen LogP contribution is 2.21. The number of ether oxygens (including phenoxy) is 1. The molecule has 0 bridgehead atoms. The summed E-state index contributed by atoms with van der Waals surface area (Å²) in [7, 11) is 1.82. The van der Waals surface area contributed by atoms with E-state index in [2.05, 4.69) is 17.6 Å². The maximum Gasteiger partial charge on any atom is 0.0724 e. The molecule has 2 unspecified atom stereocenters. The minimum atomic E-state index is 0.453. The van der Waals surface area contributed by atoms with Crippen LogP contribution in [-0.4, -0.2) is 38.9 Å². The van der Waals surface area contributed by atoms with Crippen molar-refractivity contribution in [1.82, 2.24) is 10.6 Å². The van der Waals surface area contributed by atoms with Crippen molar-refractivity contribution in [3.63, 3.8) is 0 Å². The first kappa shape index (κ1) is 12.0. The lowest BCUT2D eigenvalue weighted by Crippen LogP contribution is -2.38. The molecule has 2 atom stereocenters. The number of nitrogens with one attached hydrogen (secondary N) is 2. The highest BCUT2D eigenvalue weighted by Gasteiger charge is 2.25. The summed E-state index contributed by atoms with van der Waals surface area (Å²) in [6, 6.07) is 0.599. The van der Waals surface area contributed by atoms with Crippen LogP contribution < -0.4 is 10.6 Å². The Kier molecular flexibility index (Phi) is 6.15. The first-order valence-electron chi connectivity index (χ1n) is 5.85. The van der Waals surface area contributed by atoms with Gasteiger partial charge in [0.1, 0.15) is 0 Å². The molecule has 1 rings (SSSR count). The molecule has 0 radical (unpaired) electrons. The van der Waals surface area contributed by atoms with Crippen molar-refractivity contribution in [3.8, 4) is 0 Å². The highest BCUT2D eigenvalue weighted by atomic mass is 16.5. The van der Waals surface area contributed by atoms with E-state index in [1.54, 1.807) is 0 Å². The number of hydrogen-bond acceptors (Lipinski definition) is 3. The van der Waals surface area contributed by atoms with E-state index < -0.39 is 0 Å². The SMILES string of the molecule is CCNCCCNC1CCCC1OC. The zero-order valence-electron chi connectivity index (χ0n) is 9.51. The average molecular weight is 200 g/mol. The van der Waals surface area contributed by atoms with Crippen LogP contribution >= 0.6 is 0 Å². The number of rotatable bonds is 7. The molecule has 1 fully saturated rings. The van der Waals surface area contributed by atoms with Crippen molar-refractivity contribution in [3.05, 3.63) is 0 Å². The summed E-state index contributed by atoms with van der Waals surface area (Å²) in [6.07, 6.45) is 5.47. The fraction of sp³-hybridized carbons (Fsp3) is 1.00. The average Bonchev–Trinajstić information content (AvgIpc) is 2.65. The number of hydrogen-bond donors (Lipinski definition) is 2. The fourth-order valence-electron chi connectivity index (χ4n) is 2.12. The third-order valence-corrected chi connectivity index (χ3v) is 2.94. The van der Waals surface area contributed by atoms with E-state index in [0.717, 1.165) is 19.6 Å². The Morgan fingerprint density at radius 2 is 2.14 bits per heavy atom. The summed E-state index contributed by atoms with van der Waals surface area (Å²) in [5.74, 6) is 0. The summed E-state index contributed by atoms with van der Waals surface area (Å²) in [6.45, 7) is 5.45. The molecule has 1 aliphatic rings. The Balaban J connectivity index is 2.00. The van der Waals surface area contributed by atoms with Crippen LogP contribution in [0.4, 0.5) is 0 Å². The lowest BCUT2D eigenvalue weighted by Gasteiger charge is -2.19. The van der Waals surface area contributed by atoms with E-state index in [1.807, 2.05) is 7.11 Å². The molecule has 1 saturated carbocycles. The highest BCUT2D eigenvalue weighted by molar-refractivity contribution is 4.83. The number of methoxy groups -OCH3 is 1. The molecule has 2 N–H and O–H groups in total. The summed E-state index contributed by atoms with van der Waals surface area (Å²) < 4.78 is 5.42. The minimum absolute atomic E-state index is 0.453. The van der Waals surface area contributed by atoms with Crippen molar-refractivity contribution in [2.75, 3.05) is 26.7 Å². The Labute approximate surface area is 87.6 Å². The molecule has 3 heteroatoms. The van der Waals surface area contributed by atoms with Gasteiger partial charge in [-0.05, 0) is 45.3 Å². The van der Waals surface area contributed by atoms with Crippen molar-refractivity contribution < 1.29 is 4.74 Å². The van der Waals surface area contributed by atoms with Crippen LogP contribution in [0, 0.1) is 0 Å².